The number of carbonyl (C=O) groups excluding carboxylic acids is 2. The fourth-order valence-electron chi connectivity index (χ4n) is 4.78. The molecule has 4 rings (SSSR count). The molecule has 2 aliphatic rings. The zero-order chi connectivity index (χ0) is 27.1. The lowest BCUT2D eigenvalue weighted by Gasteiger charge is -2.27. The average molecular weight is 543 g/mol. The predicted octanol–water partition coefficient (Wildman–Crippen LogP) is 3.78. The number of likely N-dealkylation sites (tertiary alicyclic amines) is 1. The molecule has 2 aliphatic heterocycles. The molecule has 0 N–H and O–H groups in total. The highest BCUT2D eigenvalue weighted by Gasteiger charge is 2.37. The van der Waals surface area contributed by atoms with Gasteiger partial charge < -0.3 is 19.3 Å². The average Bonchev–Trinajstić information content (AvgIpc) is 3.13. The number of likely N-dealkylation sites (N-methyl/N-ethyl adjacent to an activating group) is 1. The first kappa shape index (κ1) is 27.7. The van der Waals surface area contributed by atoms with Gasteiger partial charge in [0.25, 0.3) is 5.69 Å². The molecule has 10 nitrogen and oxygen atoms in total. The van der Waals surface area contributed by atoms with Crippen LogP contribution in [0.3, 0.4) is 0 Å². The number of nitrogens with zero attached hydrogens (tertiary/aromatic N) is 4. The highest BCUT2D eigenvalue weighted by Crippen LogP contribution is 2.30. The third-order valence-electron chi connectivity index (χ3n) is 7.01. The molecule has 2 saturated heterocycles. The molecule has 11 heteroatoms. The van der Waals surface area contributed by atoms with Crippen LogP contribution in [0.25, 0.3) is 0 Å². The van der Waals surface area contributed by atoms with E-state index in [-0.39, 0.29) is 24.2 Å². The Labute approximate surface area is 227 Å². The summed E-state index contributed by atoms with van der Waals surface area (Å²) < 4.78 is 10.6. The van der Waals surface area contributed by atoms with Gasteiger partial charge in [0, 0.05) is 55.9 Å². The van der Waals surface area contributed by atoms with Crippen molar-refractivity contribution in [2.24, 2.45) is 0 Å². The minimum Gasteiger partial charge on any atom is -0.497 e. The molecule has 2 aromatic rings. The van der Waals surface area contributed by atoms with Gasteiger partial charge in [-0.2, -0.15) is 11.8 Å². The van der Waals surface area contributed by atoms with E-state index in [0.717, 1.165) is 24.5 Å². The number of ether oxygens (including phenoxy) is 2. The summed E-state index contributed by atoms with van der Waals surface area (Å²) >= 11 is 1.88. The number of non-ortho nitro benzene ring substituents is 1. The van der Waals surface area contributed by atoms with Crippen molar-refractivity contribution in [3.63, 3.8) is 0 Å². The van der Waals surface area contributed by atoms with Crippen molar-refractivity contribution >= 4 is 29.4 Å². The number of hydrogen-bond acceptors (Lipinski definition) is 8. The van der Waals surface area contributed by atoms with E-state index < -0.39 is 11.0 Å². The molecule has 0 spiro atoms. The number of hydrogen-bond donors (Lipinski definition) is 0. The first-order chi connectivity index (χ1) is 18.3. The van der Waals surface area contributed by atoms with Gasteiger partial charge in [0.1, 0.15) is 12.4 Å². The van der Waals surface area contributed by atoms with Gasteiger partial charge in [0.2, 0.25) is 5.91 Å². The second-order valence-corrected chi connectivity index (χ2v) is 10.9. The first-order valence-corrected chi connectivity index (χ1v) is 13.8. The van der Waals surface area contributed by atoms with Gasteiger partial charge in [-0.3, -0.25) is 19.8 Å². The van der Waals surface area contributed by atoms with Crippen LogP contribution in [0.4, 0.5) is 10.5 Å². The Balaban J connectivity index is 1.23. The van der Waals surface area contributed by atoms with Gasteiger partial charge in [0.05, 0.1) is 18.1 Å². The van der Waals surface area contributed by atoms with Gasteiger partial charge in [-0.15, -0.1) is 0 Å². The molecular formula is C27H34N4O6S. The third kappa shape index (κ3) is 7.16. The summed E-state index contributed by atoms with van der Waals surface area (Å²) in [5.74, 6) is 1.87. The molecule has 0 unspecified atom stereocenters. The Bertz CT molecular complexity index is 1110. The summed E-state index contributed by atoms with van der Waals surface area (Å²) in [6.45, 7) is 2.92. The highest BCUT2D eigenvalue weighted by molar-refractivity contribution is 7.99. The number of amides is 2. The van der Waals surface area contributed by atoms with Crippen LogP contribution < -0.4 is 4.74 Å². The quantitative estimate of drug-likeness (QED) is 0.367. The topological polar surface area (TPSA) is 105 Å². The number of carbonyl (C=O) groups is 2. The molecule has 0 saturated carbocycles. The second kappa shape index (κ2) is 13.0. The van der Waals surface area contributed by atoms with E-state index in [1.807, 2.05) is 35.8 Å². The van der Waals surface area contributed by atoms with E-state index in [1.54, 1.807) is 24.1 Å². The van der Waals surface area contributed by atoms with E-state index in [9.17, 15) is 19.7 Å². The lowest BCUT2D eigenvalue weighted by molar-refractivity contribution is -0.384. The maximum absolute atomic E-state index is 13.4. The van der Waals surface area contributed by atoms with E-state index in [2.05, 4.69) is 17.0 Å². The fourth-order valence-corrected chi connectivity index (χ4v) is 6.06. The van der Waals surface area contributed by atoms with Crippen molar-refractivity contribution in [1.82, 2.24) is 14.7 Å². The Hall–Kier alpha value is -3.31. The lowest BCUT2D eigenvalue weighted by atomic mass is 10.2. The van der Waals surface area contributed by atoms with Crippen LogP contribution in [-0.2, 0) is 21.9 Å². The number of rotatable bonds is 8. The van der Waals surface area contributed by atoms with Crippen LogP contribution in [0, 0.1) is 10.1 Å². The molecule has 0 bridgehead atoms. The molecule has 2 aromatic carbocycles. The van der Waals surface area contributed by atoms with Gasteiger partial charge in [0.15, 0.2) is 0 Å². The number of methoxy groups -OCH3 is 1. The summed E-state index contributed by atoms with van der Waals surface area (Å²) in [6, 6.07) is 13.9. The number of benzene rings is 2. The lowest BCUT2D eigenvalue weighted by Crippen LogP contribution is -2.46. The number of thioether (sulfide) groups is 1. The predicted molar refractivity (Wildman–Crippen MR) is 145 cm³/mol. The van der Waals surface area contributed by atoms with E-state index >= 15 is 0 Å². The summed E-state index contributed by atoms with van der Waals surface area (Å²) in [4.78, 5) is 42.0. The van der Waals surface area contributed by atoms with Crippen LogP contribution in [0.5, 0.6) is 5.75 Å². The summed E-state index contributed by atoms with van der Waals surface area (Å²) in [6.07, 6.45) is 1.06. The van der Waals surface area contributed by atoms with E-state index in [4.69, 9.17) is 9.47 Å². The zero-order valence-corrected chi connectivity index (χ0v) is 22.6. The molecule has 2 atom stereocenters. The first-order valence-electron chi connectivity index (χ1n) is 12.7. The summed E-state index contributed by atoms with van der Waals surface area (Å²) in [5.41, 5.74) is 1.91. The summed E-state index contributed by atoms with van der Waals surface area (Å²) in [5, 5.41) is 11.2. The molecule has 0 aliphatic carbocycles. The second-order valence-electron chi connectivity index (χ2n) is 9.62. The van der Waals surface area contributed by atoms with Gasteiger partial charge in [-0.05, 0) is 55.3 Å². The SMILES string of the molecule is COc1ccc(CS[C@H]2C[C@@H](C(=O)N3CCCN(C(=O)OCc4ccc([N+](=O)[O-])cc4)CC3)N(C)C2)cc1. The molecule has 0 aromatic heterocycles. The number of nitro benzene ring substituents is 1. The standard InChI is InChI=1S/C27H34N4O6S/c1-28-17-24(38-19-21-6-10-23(36-2)11-7-21)16-25(28)26(32)29-12-3-13-30(15-14-29)27(33)37-18-20-4-8-22(9-5-20)31(34)35/h4-11,24-25H,3,12-19H2,1-2H3/t24-,25-/m0/s1. The van der Waals surface area contributed by atoms with Crippen molar-refractivity contribution in [2.45, 2.75) is 36.5 Å². The highest BCUT2D eigenvalue weighted by atomic mass is 32.2. The molecule has 2 amide bonds. The molecule has 38 heavy (non-hydrogen) atoms. The monoisotopic (exact) mass is 542 g/mol. The Morgan fingerprint density at radius 2 is 1.66 bits per heavy atom. The van der Waals surface area contributed by atoms with Crippen molar-refractivity contribution < 1.29 is 24.0 Å². The largest absolute Gasteiger partial charge is 0.497 e. The Kier molecular flexibility index (Phi) is 9.46. The van der Waals surface area contributed by atoms with Gasteiger partial charge in [-0.25, -0.2) is 4.79 Å². The van der Waals surface area contributed by atoms with Crippen LogP contribution in [-0.4, -0.2) is 89.8 Å². The van der Waals surface area contributed by atoms with E-state index in [1.165, 1.54) is 17.7 Å². The molecule has 0 radical (unpaired) electrons. The smallest absolute Gasteiger partial charge is 0.410 e. The number of nitro groups is 1. The zero-order valence-electron chi connectivity index (χ0n) is 21.8. The summed E-state index contributed by atoms with van der Waals surface area (Å²) in [7, 11) is 3.67. The minimum absolute atomic E-state index is 0.00702. The van der Waals surface area contributed by atoms with Crippen LogP contribution >= 0.6 is 11.8 Å². The van der Waals surface area contributed by atoms with Crippen molar-refractivity contribution in [3.05, 3.63) is 69.8 Å². The fraction of sp³-hybridized carbons (Fsp3) is 0.481. The van der Waals surface area contributed by atoms with Gasteiger partial charge in [-0.1, -0.05) is 12.1 Å². The van der Waals surface area contributed by atoms with Crippen molar-refractivity contribution in [3.8, 4) is 5.75 Å². The van der Waals surface area contributed by atoms with Crippen molar-refractivity contribution in [2.75, 3.05) is 46.9 Å². The normalized spacial score (nSPS) is 20.2. The van der Waals surface area contributed by atoms with Crippen molar-refractivity contribution in [1.29, 1.82) is 0 Å². The Morgan fingerprint density at radius 1 is 1.00 bits per heavy atom. The van der Waals surface area contributed by atoms with Crippen LogP contribution in [0.1, 0.15) is 24.0 Å². The molecule has 2 fully saturated rings. The molecule has 204 valence electrons. The van der Waals surface area contributed by atoms with Gasteiger partial charge >= 0.3 is 6.09 Å². The van der Waals surface area contributed by atoms with Crippen LogP contribution in [0.2, 0.25) is 0 Å². The van der Waals surface area contributed by atoms with E-state index in [0.29, 0.717) is 43.4 Å². The van der Waals surface area contributed by atoms with Crippen LogP contribution in [0.15, 0.2) is 48.5 Å². The molecule has 2 heterocycles. The third-order valence-corrected chi connectivity index (χ3v) is 8.33. The Morgan fingerprint density at radius 3 is 2.34 bits per heavy atom. The maximum atomic E-state index is 13.4. The molecular weight excluding hydrogens is 508 g/mol. The maximum Gasteiger partial charge on any atom is 0.410 e. The minimum atomic E-state index is -0.467.